The third-order valence-corrected chi connectivity index (χ3v) is 5.02. The van der Waals surface area contributed by atoms with E-state index in [2.05, 4.69) is 30.0 Å². The zero-order valence-electron chi connectivity index (χ0n) is 15.3. The molecule has 10 nitrogen and oxygen atoms in total. The summed E-state index contributed by atoms with van der Waals surface area (Å²) in [6.45, 7) is 0.288. The van der Waals surface area contributed by atoms with Crippen molar-refractivity contribution in [1.82, 2.24) is 29.5 Å². The summed E-state index contributed by atoms with van der Waals surface area (Å²) in [6, 6.07) is 0.174. The maximum atomic E-state index is 13.5. The summed E-state index contributed by atoms with van der Waals surface area (Å²) in [5, 5.41) is 14.6. The molecule has 29 heavy (non-hydrogen) atoms. The third-order valence-electron chi connectivity index (χ3n) is 5.02. The van der Waals surface area contributed by atoms with E-state index >= 15 is 0 Å². The molecule has 5 rings (SSSR count). The van der Waals surface area contributed by atoms with E-state index in [0.29, 0.717) is 22.4 Å². The van der Waals surface area contributed by atoms with Crippen LogP contribution in [-0.4, -0.2) is 59.7 Å². The molecule has 0 radical (unpaired) electrons. The van der Waals surface area contributed by atoms with E-state index in [-0.39, 0.29) is 43.5 Å². The molecule has 2 aliphatic rings. The van der Waals surface area contributed by atoms with Crippen molar-refractivity contribution in [2.75, 3.05) is 18.0 Å². The van der Waals surface area contributed by atoms with Gasteiger partial charge in [-0.15, -0.1) is 0 Å². The molecule has 0 bridgehead atoms. The fourth-order valence-corrected chi connectivity index (χ4v) is 3.24. The predicted octanol–water partition coefficient (Wildman–Crippen LogP) is -0.307. The van der Waals surface area contributed by atoms with E-state index in [4.69, 9.17) is 0 Å². The number of anilines is 1. The second-order valence-electron chi connectivity index (χ2n) is 7.35. The molecule has 1 aliphatic heterocycles. The molecule has 2 fully saturated rings. The predicted molar refractivity (Wildman–Crippen MR) is 97.6 cm³/mol. The van der Waals surface area contributed by atoms with Crippen molar-refractivity contribution in [3.05, 3.63) is 33.2 Å². The summed E-state index contributed by atoms with van der Waals surface area (Å²) >= 11 is 0. The minimum Gasteiger partial charge on any atom is -0.493 e. The summed E-state index contributed by atoms with van der Waals surface area (Å²) in [4.78, 5) is 31.4. The van der Waals surface area contributed by atoms with Crippen LogP contribution >= 0.6 is 0 Å². The highest BCUT2D eigenvalue weighted by molar-refractivity contribution is 5.57. The first kappa shape index (κ1) is 17.8. The number of rotatable bonds is 3. The number of aromatic nitrogens is 6. The number of hydrogen-bond donors (Lipinski definition) is 3. The largest absolute Gasteiger partial charge is 0.493 e. The summed E-state index contributed by atoms with van der Waals surface area (Å²) in [5.74, 6) is -2.66. The van der Waals surface area contributed by atoms with Crippen LogP contribution in [0.3, 0.4) is 0 Å². The van der Waals surface area contributed by atoms with Crippen molar-refractivity contribution in [1.29, 1.82) is 0 Å². The van der Waals surface area contributed by atoms with Crippen molar-refractivity contribution in [2.24, 2.45) is 4.99 Å². The molecule has 12 heteroatoms. The van der Waals surface area contributed by atoms with Crippen molar-refractivity contribution < 1.29 is 13.9 Å². The molecule has 0 amide bonds. The number of nitrogens with zero attached hydrogens (tertiary/aromatic N) is 6. The van der Waals surface area contributed by atoms with Gasteiger partial charge < -0.3 is 15.0 Å². The van der Waals surface area contributed by atoms with Gasteiger partial charge in [-0.1, -0.05) is 0 Å². The van der Waals surface area contributed by atoms with E-state index < -0.39 is 11.6 Å². The Balaban J connectivity index is 1.65. The van der Waals surface area contributed by atoms with E-state index in [9.17, 15) is 18.7 Å². The van der Waals surface area contributed by atoms with Crippen LogP contribution in [0.25, 0.3) is 11.7 Å². The molecule has 1 aliphatic carbocycles. The second kappa shape index (κ2) is 6.36. The van der Waals surface area contributed by atoms with Crippen molar-refractivity contribution in [3.8, 4) is 5.88 Å². The number of hydrogen-bond acceptors (Lipinski definition) is 7. The Morgan fingerprint density at radius 1 is 1.24 bits per heavy atom. The topological polar surface area (TPSA) is 128 Å². The van der Waals surface area contributed by atoms with Gasteiger partial charge in [0.1, 0.15) is 5.69 Å². The second-order valence-corrected chi connectivity index (χ2v) is 7.35. The van der Waals surface area contributed by atoms with Crippen molar-refractivity contribution >= 4 is 17.7 Å². The summed E-state index contributed by atoms with van der Waals surface area (Å²) in [5.41, 5.74) is 0.409. The molecular weight excluding hydrogens is 386 g/mol. The van der Waals surface area contributed by atoms with Gasteiger partial charge in [0.2, 0.25) is 11.8 Å². The Kier molecular flexibility index (Phi) is 3.89. The highest BCUT2D eigenvalue weighted by Crippen LogP contribution is 2.29. The zero-order chi connectivity index (χ0) is 20.2. The van der Waals surface area contributed by atoms with Gasteiger partial charge >= 0.3 is 5.69 Å². The molecule has 0 aromatic carbocycles. The molecule has 3 aromatic rings. The lowest BCUT2D eigenvalue weighted by Crippen LogP contribution is -2.41. The summed E-state index contributed by atoms with van der Waals surface area (Å²) in [6.07, 6.45) is 4.47. The lowest BCUT2D eigenvalue weighted by Gasteiger charge is -2.31. The van der Waals surface area contributed by atoms with Crippen LogP contribution in [0, 0.1) is 0 Å². The molecule has 1 saturated heterocycles. The Labute approximate surface area is 161 Å². The molecule has 152 valence electrons. The summed E-state index contributed by atoms with van der Waals surface area (Å²) < 4.78 is 28.6. The SMILES string of the molecule is O=c1[nH]c(O)c(C=c2cnn3c(=NC4CC4)nc(N4CCC(F)(F)CC4)nc23)[nH]1. The molecule has 0 unspecified atom stereocenters. The van der Waals surface area contributed by atoms with Gasteiger partial charge in [-0.2, -0.15) is 19.6 Å². The van der Waals surface area contributed by atoms with Gasteiger partial charge in [0, 0.05) is 31.1 Å². The first-order chi connectivity index (χ1) is 13.9. The van der Waals surface area contributed by atoms with Gasteiger partial charge in [0.05, 0.1) is 12.2 Å². The number of alkyl halides is 2. The normalized spacial score (nSPS) is 20.7. The maximum Gasteiger partial charge on any atom is 0.326 e. The quantitative estimate of drug-likeness (QED) is 0.550. The number of aromatic hydroxyl groups is 1. The van der Waals surface area contributed by atoms with Crippen LogP contribution in [0.15, 0.2) is 16.0 Å². The average Bonchev–Trinajstić information content (AvgIpc) is 3.30. The molecule has 3 N–H and O–H groups in total. The van der Waals surface area contributed by atoms with Crippen LogP contribution in [0.1, 0.15) is 31.4 Å². The number of H-pyrrole nitrogens is 2. The van der Waals surface area contributed by atoms with E-state index in [1.807, 2.05) is 0 Å². The van der Waals surface area contributed by atoms with E-state index in [1.54, 1.807) is 4.90 Å². The van der Waals surface area contributed by atoms with Crippen LogP contribution in [0.5, 0.6) is 5.88 Å². The highest BCUT2D eigenvalue weighted by atomic mass is 19.3. The van der Waals surface area contributed by atoms with Gasteiger partial charge in [0.15, 0.2) is 5.65 Å². The smallest absolute Gasteiger partial charge is 0.326 e. The minimum absolute atomic E-state index is 0.144. The van der Waals surface area contributed by atoms with Gasteiger partial charge in [0.25, 0.3) is 11.5 Å². The molecule has 0 spiro atoms. The van der Waals surface area contributed by atoms with E-state index in [1.165, 1.54) is 16.8 Å². The van der Waals surface area contributed by atoms with Crippen molar-refractivity contribution in [2.45, 2.75) is 37.6 Å². The van der Waals surface area contributed by atoms with E-state index in [0.717, 1.165) is 12.8 Å². The molecule has 0 atom stereocenters. The Morgan fingerprint density at radius 3 is 2.66 bits per heavy atom. The standard InChI is InChI=1S/C17H18F2N8O2/c18-17(19)3-5-26(6-4-17)14-23-12-9(7-11-13(28)24-16(29)22-11)8-20-27(12)15(25-14)21-10-1-2-10/h7-8,10,28H,1-6H2,(H2,22,24,29). The van der Waals surface area contributed by atoms with Crippen LogP contribution < -0.4 is 21.4 Å². The Bertz CT molecular complexity index is 1250. The Hall–Kier alpha value is -3.31. The van der Waals surface area contributed by atoms with Gasteiger partial charge in [-0.05, 0) is 18.9 Å². The molecule has 3 aromatic heterocycles. The maximum absolute atomic E-state index is 13.5. The van der Waals surface area contributed by atoms with Gasteiger partial charge in [-0.3, -0.25) is 4.98 Å². The molecule has 1 saturated carbocycles. The summed E-state index contributed by atoms with van der Waals surface area (Å²) in [7, 11) is 0. The lowest BCUT2D eigenvalue weighted by atomic mass is 10.1. The highest BCUT2D eigenvalue weighted by Gasteiger charge is 2.35. The first-order valence-corrected chi connectivity index (χ1v) is 9.33. The fourth-order valence-electron chi connectivity index (χ4n) is 3.24. The molecular formula is C17H18F2N8O2. The number of nitrogens with one attached hydrogen (secondary N) is 2. The fraction of sp³-hybridized carbons (Fsp3) is 0.471. The van der Waals surface area contributed by atoms with Gasteiger partial charge in [-0.25, -0.2) is 18.6 Å². The van der Waals surface area contributed by atoms with Crippen molar-refractivity contribution in [3.63, 3.8) is 0 Å². The Morgan fingerprint density at radius 2 is 2.00 bits per heavy atom. The lowest BCUT2D eigenvalue weighted by molar-refractivity contribution is -0.0222. The number of aromatic amines is 2. The number of fused-ring (bicyclic) bond motifs is 1. The number of halogens is 2. The van der Waals surface area contributed by atoms with Crippen LogP contribution in [-0.2, 0) is 0 Å². The van der Waals surface area contributed by atoms with Crippen LogP contribution in [0.4, 0.5) is 14.7 Å². The average molecular weight is 404 g/mol. The molecule has 4 heterocycles. The number of piperidine rings is 1. The monoisotopic (exact) mass is 404 g/mol. The first-order valence-electron chi connectivity index (χ1n) is 9.33. The zero-order valence-corrected chi connectivity index (χ0v) is 15.3. The van der Waals surface area contributed by atoms with Crippen LogP contribution in [0.2, 0.25) is 0 Å². The minimum atomic E-state index is -2.67. The third kappa shape index (κ3) is 3.45. The number of imidazole rings is 1.